The zero-order valence-corrected chi connectivity index (χ0v) is 11.4. The second-order valence-electron chi connectivity index (χ2n) is 4.22. The quantitative estimate of drug-likeness (QED) is 0.896. The van der Waals surface area contributed by atoms with Crippen LogP contribution >= 0.6 is 11.6 Å². The number of nitriles is 1. The number of nitrogens with two attached hydrogens (primary N) is 1. The third-order valence-electron chi connectivity index (χ3n) is 2.72. The molecule has 6 nitrogen and oxygen atoms in total. The van der Waals surface area contributed by atoms with E-state index < -0.39 is 11.9 Å². The molecule has 2 rings (SSSR count). The molecule has 0 bridgehead atoms. The summed E-state index contributed by atoms with van der Waals surface area (Å²) in [4.78, 5) is 12.1. The van der Waals surface area contributed by atoms with Crippen molar-refractivity contribution < 1.29 is 4.79 Å². The maximum absolute atomic E-state index is 12.1. The molecule has 1 unspecified atom stereocenters. The molecule has 0 spiro atoms. The van der Waals surface area contributed by atoms with Gasteiger partial charge in [-0.05, 0) is 18.2 Å². The molecule has 0 aliphatic rings. The van der Waals surface area contributed by atoms with E-state index in [4.69, 9.17) is 22.6 Å². The molecule has 7 heteroatoms. The van der Waals surface area contributed by atoms with Gasteiger partial charge in [0, 0.05) is 18.8 Å². The highest BCUT2D eigenvalue weighted by Crippen LogP contribution is 2.24. The highest BCUT2D eigenvalue weighted by Gasteiger charge is 2.18. The number of hydrogen-bond donors (Lipinski definition) is 2. The van der Waals surface area contributed by atoms with E-state index in [1.165, 1.54) is 12.3 Å². The van der Waals surface area contributed by atoms with Crippen LogP contribution in [0.2, 0.25) is 5.02 Å². The van der Waals surface area contributed by atoms with Gasteiger partial charge < -0.3 is 11.1 Å². The Morgan fingerprint density at radius 1 is 1.60 bits per heavy atom. The summed E-state index contributed by atoms with van der Waals surface area (Å²) in [6.07, 6.45) is 3.19. The SMILES string of the molecule is Cn1cc(C(N)C(=O)Nc2cc(C#N)ccc2Cl)cn1. The second kappa shape index (κ2) is 5.74. The lowest BCUT2D eigenvalue weighted by Gasteiger charge is -2.12. The Morgan fingerprint density at radius 3 is 2.95 bits per heavy atom. The highest BCUT2D eigenvalue weighted by atomic mass is 35.5. The van der Waals surface area contributed by atoms with Gasteiger partial charge in [0.25, 0.3) is 0 Å². The Morgan fingerprint density at radius 2 is 2.35 bits per heavy atom. The van der Waals surface area contributed by atoms with Crippen molar-refractivity contribution in [2.75, 3.05) is 5.32 Å². The van der Waals surface area contributed by atoms with Crippen LogP contribution in [0.3, 0.4) is 0 Å². The van der Waals surface area contributed by atoms with E-state index in [9.17, 15) is 4.79 Å². The molecule has 0 aliphatic carbocycles. The average molecular weight is 290 g/mol. The maximum atomic E-state index is 12.1. The van der Waals surface area contributed by atoms with Crippen LogP contribution in [-0.2, 0) is 11.8 Å². The number of rotatable bonds is 3. The summed E-state index contributed by atoms with van der Waals surface area (Å²) < 4.78 is 1.56. The summed E-state index contributed by atoms with van der Waals surface area (Å²) in [7, 11) is 1.74. The van der Waals surface area contributed by atoms with E-state index in [-0.39, 0.29) is 0 Å². The van der Waals surface area contributed by atoms with Gasteiger partial charge in [-0.3, -0.25) is 9.48 Å². The van der Waals surface area contributed by atoms with E-state index >= 15 is 0 Å². The first-order chi connectivity index (χ1) is 9.51. The first-order valence-electron chi connectivity index (χ1n) is 5.76. The van der Waals surface area contributed by atoms with Crippen molar-refractivity contribution in [3.05, 3.63) is 46.7 Å². The van der Waals surface area contributed by atoms with Crippen LogP contribution in [0.15, 0.2) is 30.6 Å². The Kier molecular flexibility index (Phi) is 4.03. The molecule has 2 aromatic rings. The molecular weight excluding hydrogens is 278 g/mol. The van der Waals surface area contributed by atoms with Crippen molar-refractivity contribution in [1.82, 2.24) is 9.78 Å². The smallest absolute Gasteiger partial charge is 0.246 e. The summed E-state index contributed by atoms with van der Waals surface area (Å²) in [5.74, 6) is -0.421. The summed E-state index contributed by atoms with van der Waals surface area (Å²) in [6.45, 7) is 0. The van der Waals surface area contributed by atoms with Gasteiger partial charge in [0.1, 0.15) is 6.04 Å². The number of carbonyl (C=O) groups excluding carboxylic acids is 1. The van der Waals surface area contributed by atoms with Gasteiger partial charge in [-0.25, -0.2) is 0 Å². The summed E-state index contributed by atoms with van der Waals surface area (Å²) in [5, 5.41) is 15.7. The monoisotopic (exact) mass is 289 g/mol. The van der Waals surface area contributed by atoms with Crippen molar-refractivity contribution in [1.29, 1.82) is 5.26 Å². The fraction of sp³-hybridized carbons (Fsp3) is 0.154. The van der Waals surface area contributed by atoms with E-state index in [1.807, 2.05) is 6.07 Å². The van der Waals surface area contributed by atoms with Crippen molar-refractivity contribution >= 4 is 23.2 Å². The van der Waals surface area contributed by atoms with Gasteiger partial charge in [-0.2, -0.15) is 10.4 Å². The van der Waals surface area contributed by atoms with Crippen LogP contribution in [0.5, 0.6) is 0 Å². The predicted octanol–water partition coefficient (Wildman–Crippen LogP) is 1.58. The number of aryl methyl sites for hydroxylation is 1. The van der Waals surface area contributed by atoms with Crippen molar-refractivity contribution in [3.8, 4) is 6.07 Å². The van der Waals surface area contributed by atoms with E-state index in [0.29, 0.717) is 21.8 Å². The fourth-order valence-corrected chi connectivity index (χ4v) is 1.82. The average Bonchev–Trinajstić information content (AvgIpc) is 2.87. The van der Waals surface area contributed by atoms with E-state index in [0.717, 1.165) is 0 Å². The lowest BCUT2D eigenvalue weighted by atomic mass is 10.1. The third-order valence-corrected chi connectivity index (χ3v) is 3.05. The molecule has 1 aromatic carbocycles. The Hall–Kier alpha value is -2.36. The van der Waals surface area contributed by atoms with Gasteiger partial charge >= 0.3 is 0 Å². The number of hydrogen-bond acceptors (Lipinski definition) is 4. The molecule has 1 amide bonds. The molecule has 0 fully saturated rings. The van der Waals surface area contributed by atoms with Crippen molar-refractivity contribution in [3.63, 3.8) is 0 Å². The Balaban J connectivity index is 2.18. The highest BCUT2D eigenvalue weighted by molar-refractivity contribution is 6.33. The van der Waals surface area contributed by atoms with Crippen LogP contribution in [0.1, 0.15) is 17.2 Å². The summed E-state index contributed by atoms with van der Waals surface area (Å²) in [6, 6.07) is 5.73. The van der Waals surface area contributed by atoms with Crippen LogP contribution < -0.4 is 11.1 Å². The lowest BCUT2D eigenvalue weighted by Crippen LogP contribution is -2.27. The molecule has 0 saturated heterocycles. The van der Waals surface area contributed by atoms with E-state index in [2.05, 4.69) is 10.4 Å². The molecule has 0 saturated carbocycles. The van der Waals surface area contributed by atoms with Crippen LogP contribution in [0.25, 0.3) is 0 Å². The largest absolute Gasteiger partial charge is 0.323 e. The minimum atomic E-state index is -0.856. The minimum absolute atomic E-state index is 0.343. The van der Waals surface area contributed by atoms with Crippen LogP contribution in [-0.4, -0.2) is 15.7 Å². The number of halogens is 1. The number of carbonyl (C=O) groups is 1. The molecule has 1 heterocycles. The first kappa shape index (κ1) is 14.1. The molecule has 20 heavy (non-hydrogen) atoms. The fourth-order valence-electron chi connectivity index (χ4n) is 1.65. The zero-order valence-electron chi connectivity index (χ0n) is 10.7. The van der Waals surface area contributed by atoms with Gasteiger partial charge in [-0.1, -0.05) is 11.6 Å². The standard InChI is InChI=1S/C13H12ClN5O/c1-19-7-9(6-17-19)12(16)13(20)18-11-4-8(5-15)2-3-10(11)14/h2-4,6-7,12H,16H2,1H3,(H,18,20). The number of amides is 1. The molecule has 3 N–H and O–H groups in total. The second-order valence-corrected chi connectivity index (χ2v) is 4.63. The summed E-state index contributed by atoms with van der Waals surface area (Å²) >= 11 is 5.97. The zero-order chi connectivity index (χ0) is 14.7. The summed E-state index contributed by atoms with van der Waals surface area (Å²) in [5.41, 5.74) is 7.20. The molecule has 102 valence electrons. The Labute approximate surface area is 120 Å². The number of aromatic nitrogens is 2. The molecule has 1 atom stereocenters. The molecule has 1 aromatic heterocycles. The minimum Gasteiger partial charge on any atom is -0.323 e. The molecule has 0 aliphatic heterocycles. The predicted molar refractivity (Wildman–Crippen MR) is 74.9 cm³/mol. The van der Waals surface area contributed by atoms with Crippen LogP contribution in [0.4, 0.5) is 5.69 Å². The Bertz CT molecular complexity index is 688. The number of nitrogens with zero attached hydrogens (tertiary/aromatic N) is 3. The maximum Gasteiger partial charge on any atom is 0.246 e. The first-order valence-corrected chi connectivity index (χ1v) is 6.13. The number of benzene rings is 1. The number of anilines is 1. The van der Waals surface area contributed by atoms with Gasteiger partial charge in [-0.15, -0.1) is 0 Å². The van der Waals surface area contributed by atoms with Gasteiger partial charge in [0.05, 0.1) is 28.5 Å². The number of nitrogens with one attached hydrogen (secondary N) is 1. The van der Waals surface area contributed by atoms with Gasteiger partial charge in [0.15, 0.2) is 0 Å². The normalized spacial score (nSPS) is 11.7. The van der Waals surface area contributed by atoms with Crippen LogP contribution in [0, 0.1) is 11.3 Å². The topological polar surface area (TPSA) is 96.7 Å². The van der Waals surface area contributed by atoms with Crippen molar-refractivity contribution in [2.45, 2.75) is 6.04 Å². The lowest BCUT2D eigenvalue weighted by molar-refractivity contribution is -0.117. The van der Waals surface area contributed by atoms with E-state index in [1.54, 1.807) is 30.1 Å². The molecule has 0 radical (unpaired) electrons. The van der Waals surface area contributed by atoms with Crippen molar-refractivity contribution in [2.24, 2.45) is 12.8 Å². The van der Waals surface area contributed by atoms with Gasteiger partial charge in [0.2, 0.25) is 5.91 Å². The third kappa shape index (κ3) is 2.96. The molecular formula is C13H12ClN5O.